The summed E-state index contributed by atoms with van der Waals surface area (Å²) in [6.45, 7) is 4.84. The summed E-state index contributed by atoms with van der Waals surface area (Å²) in [4.78, 5) is 19.7. The fourth-order valence-electron chi connectivity index (χ4n) is 5.26. The van der Waals surface area contributed by atoms with Crippen molar-refractivity contribution in [2.24, 2.45) is 5.92 Å². The standard InChI is InChI=1S/C25H29N3OS/c1-26(2)15-19-6-3-4-8-22(19)23-9-10-24-20-12-18(14-28(24)25(23)29)13-27(16-20)17-21-7-5-11-30-21/h3-11,18,20H,12-17H2,1-2H3/t18-,20-/m1/s1. The number of piperidine rings is 1. The van der Waals surface area contributed by atoms with Crippen LogP contribution >= 0.6 is 11.3 Å². The monoisotopic (exact) mass is 419 g/mol. The summed E-state index contributed by atoms with van der Waals surface area (Å²) in [5, 5.41) is 2.16. The molecule has 0 N–H and O–H groups in total. The van der Waals surface area contributed by atoms with Crippen molar-refractivity contribution >= 4 is 11.3 Å². The van der Waals surface area contributed by atoms with E-state index in [1.807, 2.05) is 17.4 Å². The largest absolute Gasteiger partial charge is 0.311 e. The Morgan fingerprint density at radius 3 is 2.67 bits per heavy atom. The van der Waals surface area contributed by atoms with Crippen molar-refractivity contribution in [2.45, 2.75) is 32.0 Å². The van der Waals surface area contributed by atoms with E-state index >= 15 is 0 Å². The molecule has 5 rings (SSSR count). The third-order valence-electron chi connectivity index (χ3n) is 6.43. The molecule has 2 aliphatic heterocycles. The van der Waals surface area contributed by atoms with Crippen LogP contribution in [0.3, 0.4) is 0 Å². The molecule has 5 heteroatoms. The first-order valence-electron chi connectivity index (χ1n) is 10.8. The number of likely N-dealkylation sites (tertiary alicyclic amines) is 1. The van der Waals surface area contributed by atoms with Crippen molar-refractivity contribution < 1.29 is 0 Å². The molecule has 0 aliphatic carbocycles. The molecule has 156 valence electrons. The van der Waals surface area contributed by atoms with Gasteiger partial charge in [0.25, 0.3) is 5.56 Å². The lowest BCUT2D eigenvalue weighted by molar-refractivity contribution is 0.115. The van der Waals surface area contributed by atoms with Gasteiger partial charge in [0.2, 0.25) is 0 Å². The number of rotatable bonds is 5. The number of hydrogen-bond acceptors (Lipinski definition) is 4. The molecule has 1 fully saturated rings. The van der Waals surface area contributed by atoms with Gasteiger partial charge in [-0.2, -0.15) is 0 Å². The smallest absolute Gasteiger partial charge is 0.258 e. The van der Waals surface area contributed by atoms with Gasteiger partial charge >= 0.3 is 0 Å². The van der Waals surface area contributed by atoms with Crippen LogP contribution < -0.4 is 5.56 Å². The normalized spacial score (nSPS) is 21.0. The first-order valence-corrected chi connectivity index (χ1v) is 11.7. The molecule has 0 saturated carbocycles. The van der Waals surface area contributed by atoms with E-state index in [0.717, 1.165) is 43.9 Å². The summed E-state index contributed by atoms with van der Waals surface area (Å²) in [5.41, 5.74) is 4.52. The Hall–Kier alpha value is -2.21. The molecule has 4 heterocycles. The number of hydrogen-bond donors (Lipinski definition) is 0. The molecule has 0 unspecified atom stereocenters. The number of nitrogens with zero attached hydrogens (tertiary/aromatic N) is 3. The van der Waals surface area contributed by atoms with Crippen LogP contribution in [0.25, 0.3) is 11.1 Å². The lowest BCUT2D eigenvalue weighted by atomic mass is 9.82. The van der Waals surface area contributed by atoms with Crippen molar-refractivity contribution in [3.8, 4) is 11.1 Å². The van der Waals surface area contributed by atoms with E-state index in [0.29, 0.717) is 11.8 Å². The van der Waals surface area contributed by atoms with Gasteiger partial charge in [-0.3, -0.25) is 9.69 Å². The van der Waals surface area contributed by atoms with Crippen molar-refractivity contribution in [3.05, 3.63) is 80.4 Å². The van der Waals surface area contributed by atoms with E-state index in [1.54, 1.807) is 0 Å². The minimum absolute atomic E-state index is 0.181. The molecule has 1 saturated heterocycles. The zero-order valence-electron chi connectivity index (χ0n) is 17.8. The van der Waals surface area contributed by atoms with Gasteiger partial charge in [-0.05, 0) is 61.1 Å². The maximum Gasteiger partial charge on any atom is 0.258 e. The molecule has 2 atom stereocenters. The van der Waals surface area contributed by atoms with Crippen molar-refractivity contribution in [1.29, 1.82) is 0 Å². The Kier molecular flexibility index (Phi) is 5.35. The van der Waals surface area contributed by atoms with E-state index in [9.17, 15) is 4.79 Å². The summed E-state index contributed by atoms with van der Waals surface area (Å²) in [5.74, 6) is 1.01. The number of fused-ring (bicyclic) bond motifs is 4. The summed E-state index contributed by atoms with van der Waals surface area (Å²) in [6.07, 6.45) is 1.21. The highest BCUT2D eigenvalue weighted by Gasteiger charge is 2.35. The van der Waals surface area contributed by atoms with E-state index in [1.165, 1.54) is 22.6 Å². The number of aromatic nitrogens is 1. The van der Waals surface area contributed by atoms with Crippen LogP contribution in [0.4, 0.5) is 0 Å². The molecule has 0 amide bonds. The Morgan fingerprint density at radius 1 is 1.00 bits per heavy atom. The molecule has 2 aliphatic rings. The zero-order chi connectivity index (χ0) is 20.7. The highest BCUT2D eigenvalue weighted by molar-refractivity contribution is 7.09. The van der Waals surface area contributed by atoms with Crippen molar-refractivity contribution in [3.63, 3.8) is 0 Å². The van der Waals surface area contributed by atoms with Crippen LogP contribution in [-0.2, 0) is 19.6 Å². The topological polar surface area (TPSA) is 28.5 Å². The zero-order valence-corrected chi connectivity index (χ0v) is 18.6. The Bertz CT molecular complexity index is 1090. The van der Waals surface area contributed by atoms with Gasteiger partial charge in [0.1, 0.15) is 0 Å². The highest BCUT2D eigenvalue weighted by atomic mass is 32.1. The van der Waals surface area contributed by atoms with Crippen LogP contribution in [0.1, 0.15) is 28.5 Å². The van der Waals surface area contributed by atoms with Gasteiger partial charge in [-0.25, -0.2) is 0 Å². The molecular formula is C25H29N3OS. The molecule has 0 spiro atoms. The van der Waals surface area contributed by atoms with E-state index in [4.69, 9.17) is 0 Å². The van der Waals surface area contributed by atoms with Crippen LogP contribution in [0, 0.1) is 5.92 Å². The maximum absolute atomic E-state index is 13.6. The van der Waals surface area contributed by atoms with Crippen LogP contribution in [0.2, 0.25) is 0 Å². The predicted molar refractivity (Wildman–Crippen MR) is 124 cm³/mol. The second kappa shape index (κ2) is 8.14. The lowest BCUT2D eigenvalue weighted by Gasteiger charge is -2.42. The SMILES string of the molecule is CN(C)Cc1ccccc1-c1ccc2n(c1=O)C[C@@H]1C[C@@H]2CN(Cc2cccs2)C1. The minimum atomic E-state index is 0.181. The van der Waals surface area contributed by atoms with Crippen LogP contribution in [0.5, 0.6) is 0 Å². The van der Waals surface area contributed by atoms with Crippen molar-refractivity contribution in [1.82, 2.24) is 14.4 Å². The first-order chi connectivity index (χ1) is 14.6. The summed E-state index contributed by atoms with van der Waals surface area (Å²) >= 11 is 1.84. The summed E-state index contributed by atoms with van der Waals surface area (Å²) in [6, 6.07) is 17.0. The molecule has 2 aromatic heterocycles. The van der Waals surface area contributed by atoms with Gasteiger partial charge in [-0.1, -0.05) is 30.3 Å². The molecule has 30 heavy (non-hydrogen) atoms. The van der Waals surface area contributed by atoms with Gasteiger partial charge in [0.15, 0.2) is 0 Å². The second-order valence-corrected chi connectivity index (χ2v) is 10.1. The average molecular weight is 420 g/mol. The van der Waals surface area contributed by atoms with Crippen LogP contribution in [-0.4, -0.2) is 41.6 Å². The fourth-order valence-corrected chi connectivity index (χ4v) is 6.01. The molecule has 4 nitrogen and oxygen atoms in total. The summed E-state index contributed by atoms with van der Waals surface area (Å²) < 4.78 is 2.09. The highest BCUT2D eigenvalue weighted by Crippen LogP contribution is 2.36. The molecule has 1 aromatic carbocycles. The molecule has 2 bridgehead atoms. The third kappa shape index (κ3) is 3.78. The number of benzene rings is 1. The average Bonchev–Trinajstić information content (AvgIpc) is 3.22. The van der Waals surface area contributed by atoms with Gasteiger partial charge in [0, 0.05) is 54.8 Å². The quantitative estimate of drug-likeness (QED) is 0.619. The van der Waals surface area contributed by atoms with Gasteiger partial charge < -0.3 is 9.47 Å². The third-order valence-corrected chi connectivity index (χ3v) is 7.29. The maximum atomic E-state index is 13.6. The van der Waals surface area contributed by atoms with E-state index in [2.05, 4.69) is 76.3 Å². The second-order valence-electron chi connectivity index (χ2n) is 9.05. The molecule has 0 radical (unpaired) electrons. The molecule has 3 aromatic rings. The van der Waals surface area contributed by atoms with Crippen molar-refractivity contribution in [2.75, 3.05) is 27.2 Å². The van der Waals surface area contributed by atoms with Crippen LogP contribution in [0.15, 0.2) is 58.7 Å². The lowest BCUT2D eigenvalue weighted by Crippen LogP contribution is -2.46. The fraction of sp³-hybridized carbons (Fsp3) is 0.400. The van der Waals surface area contributed by atoms with E-state index in [-0.39, 0.29) is 5.56 Å². The Labute approximate surface area is 182 Å². The van der Waals surface area contributed by atoms with E-state index < -0.39 is 0 Å². The van der Waals surface area contributed by atoms with Gasteiger partial charge in [0.05, 0.1) is 0 Å². The number of pyridine rings is 1. The Morgan fingerprint density at radius 2 is 1.87 bits per heavy atom. The molecular weight excluding hydrogens is 390 g/mol. The predicted octanol–water partition coefficient (Wildman–Crippen LogP) is 4.26. The number of thiophene rings is 1. The Balaban J connectivity index is 1.46. The summed E-state index contributed by atoms with van der Waals surface area (Å²) in [7, 11) is 4.14. The minimum Gasteiger partial charge on any atom is -0.311 e. The van der Waals surface area contributed by atoms with Gasteiger partial charge in [-0.15, -0.1) is 11.3 Å². The first kappa shape index (κ1) is 19.7.